The molecule has 0 fully saturated rings. The van der Waals surface area contributed by atoms with E-state index in [1.165, 1.54) is 11.6 Å². The number of rotatable bonds is 5. The number of nitrogens with one attached hydrogen (secondary N) is 1. The maximum Gasteiger partial charge on any atom is 0.123 e. The van der Waals surface area contributed by atoms with Gasteiger partial charge in [0, 0.05) is 12.1 Å². The Kier molecular flexibility index (Phi) is 4.44. The minimum atomic E-state index is -0.183. The van der Waals surface area contributed by atoms with Crippen molar-refractivity contribution in [3.05, 3.63) is 35.1 Å². The zero-order chi connectivity index (χ0) is 12.2. The van der Waals surface area contributed by atoms with E-state index in [9.17, 15) is 4.39 Å². The second kappa shape index (κ2) is 5.41. The second-order valence-electron chi connectivity index (χ2n) is 4.99. The van der Waals surface area contributed by atoms with Crippen LogP contribution in [-0.4, -0.2) is 18.6 Å². The van der Waals surface area contributed by atoms with E-state index in [2.05, 4.69) is 5.32 Å². The van der Waals surface area contributed by atoms with Gasteiger partial charge in [0.15, 0.2) is 0 Å². The van der Waals surface area contributed by atoms with Crippen LogP contribution >= 0.6 is 0 Å². The quantitative estimate of drug-likeness (QED) is 0.751. The molecule has 3 N–H and O–H groups in total. The molecular weight excluding hydrogens is 203 g/mol. The predicted molar refractivity (Wildman–Crippen MR) is 66.0 cm³/mol. The highest BCUT2D eigenvalue weighted by molar-refractivity contribution is 5.26. The van der Waals surface area contributed by atoms with Gasteiger partial charge in [-0.3, -0.25) is 0 Å². The first kappa shape index (κ1) is 13.1. The molecule has 0 saturated carbocycles. The smallest absolute Gasteiger partial charge is 0.123 e. The van der Waals surface area contributed by atoms with Gasteiger partial charge in [-0.05, 0) is 57.0 Å². The van der Waals surface area contributed by atoms with E-state index in [1.807, 2.05) is 26.8 Å². The zero-order valence-corrected chi connectivity index (χ0v) is 10.3. The topological polar surface area (TPSA) is 38.0 Å². The van der Waals surface area contributed by atoms with Crippen molar-refractivity contribution >= 4 is 0 Å². The first-order valence-electron chi connectivity index (χ1n) is 5.63. The van der Waals surface area contributed by atoms with Crippen molar-refractivity contribution in [3.63, 3.8) is 0 Å². The average Bonchev–Trinajstić information content (AvgIpc) is 2.13. The molecular formula is C13H21FN2. The molecule has 1 rings (SSSR count). The maximum atomic E-state index is 12.9. The number of hydrogen-bond donors (Lipinski definition) is 2. The Morgan fingerprint density at radius 2 is 2.06 bits per heavy atom. The first-order chi connectivity index (χ1) is 7.38. The van der Waals surface area contributed by atoms with E-state index in [0.717, 1.165) is 25.1 Å². The SMILES string of the molecule is Cc1cc(F)ccc1CCNCC(C)(C)N. The highest BCUT2D eigenvalue weighted by Crippen LogP contribution is 2.10. The molecule has 0 aromatic heterocycles. The summed E-state index contributed by atoms with van der Waals surface area (Å²) in [5.74, 6) is -0.169. The Morgan fingerprint density at radius 1 is 1.38 bits per heavy atom. The van der Waals surface area contributed by atoms with Crippen molar-refractivity contribution in [2.24, 2.45) is 5.73 Å². The summed E-state index contributed by atoms with van der Waals surface area (Å²) >= 11 is 0. The van der Waals surface area contributed by atoms with Crippen LogP contribution in [0.15, 0.2) is 18.2 Å². The molecule has 0 radical (unpaired) electrons. The van der Waals surface area contributed by atoms with E-state index in [0.29, 0.717) is 0 Å². The minimum Gasteiger partial charge on any atom is -0.324 e. The zero-order valence-electron chi connectivity index (χ0n) is 10.3. The van der Waals surface area contributed by atoms with E-state index in [4.69, 9.17) is 5.73 Å². The Hall–Kier alpha value is -0.930. The molecule has 90 valence electrons. The molecule has 0 aliphatic carbocycles. The van der Waals surface area contributed by atoms with Crippen LogP contribution in [0.1, 0.15) is 25.0 Å². The van der Waals surface area contributed by atoms with Crippen LogP contribution in [0.2, 0.25) is 0 Å². The molecule has 16 heavy (non-hydrogen) atoms. The molecule has 0 spiro atoms. The Labute approximate surface area is 97.0 Å². The molecule has 0 bridgehead atoms. The van der Waals surface area contributed by atoms with Crippen LogP contribution in [0.25, 0.3) is 0 Å². The minimum absolute atomic E-state index is 0.169. The van der Waals surface area contributed by atoms with E-state index in [-0.39, 0.29) is 11.4 Å². The number of nitrogens with two attached hydrogens (primary N) is 1. The summed E-state index contributed by atoms with van der Waals surface area (Å²) in [6.45, 7) is 7.57. The molecule has 0 unspecified atom stereocenters. The fraction of sp³-hybridized carbons (Fsp3) is 0.538. The molecule has 1 aromatic carbocycles. The van der Waals surface area contributed by atoms with Crippen LogP contribution in [0.4, 0.5) is 4.39 Å². The second-order valence-corrected chi connectivity index (χ2v) is 4.99. The van der Waals surface area contributed by atoms with Crippen molar-refractivity contribution < 1.29 is 4.39 Å². The van der Waals surface area contributed by atoms with Gasteiger partial charge in [-0.1, -0.05) is 6.07 Å². The van der Waals surface area contributed by atoms with Gasteiger partial charge in [0.1, 0.15) is 5.82 Å². The van der Waals surface area contributed by atoms with Crippen LogP contribution in [-0.2, 0) is 6.42 Å². The average molecular weight is 224 g/mol. The third kappa shape index (κ3) is 4.73. The van der Waals surface area contributed by atoms with Gasteiger partial charge in [0.05, 0.1) is 0 Å². The van der Waals surface area contributed by atoms with E-state index in [1.54, 1.807) is 6.07 Å². The normalized spacial score (nSPS) is 11.8. The first-order valence-corrected chi connectivity index (χ1v) is 5.63. The van der Waals surface area contributed by atoms with Gasteiger partial charge in [-0.2, -0.15) is 0 Å². The van der Waals surface area contributed by atoms with Crippen LogP contribution < -0.4 is 11.1 Å². The highest BCUT2D eigenvalue weighted by Gasteiger charge is 2.09. The summed E-state index contributed by atoms with van der Waals surface area (Å²) in [5, 5.41) is 3.30. The van der Waals surface area contributed by atoms with Gasteiger partial charge in [0.25, 0.3) is 0 Å². The van der Waals surface area contributed by atoms with Gasteiger partial charge >= 0.3 is 0 Å². The van der Waals surface area contributed by atoms with Crippen LogP contribution in [0.3, 0.4) is 0 Å². The molecule has 0 aliphatic rings. The molecule has 0 aliphatic heterocycles. The summed E-state index contributed by atoms with van der Waals surface area (Å²) < 4.78 is 12.9. The highest BCUT2D eigenvalue weighted by atomic mass is 19.1. The molecule has 3 heteroatoms. The Balaban J connectivity index is 2.38. The number of halogens is 1. The largest absolute Gasteiger partial charge is 0.324 e. The lowest BCUT2D eigenvalue weighted by Crippen LogP contribution is -2.43. The molecule has 0 amide bonds. The van der Waals surface area contributed by atoms with E-state index >= 15 is 0 Å². The van der Waals surface area contributed by atoms with Gasteiger partial charge < -0.3 is 11.1 Å². The lowest BCUT2D eigenvalue weighted by atomic mass is 10.0. The fourth-order valence-corrected chi connectivity index (χ4v) is 1.57. The predicted octanol–water partition coefficient (Wildman–Crippen LogP) is 2.00. The molecule has 0 heterocycles. The summed E-state index contributed by atoms with van der Waals surface area (Å²) in [6.07, 6.45) is 0.905. The van der Waals surface area contributed by atoms with Gasteiger partial charge in [0.2, 0.25) is 0 Å². The van der Waals surface area contributed by atoms with Crippen molar-refractivity contribution in [1.29, 1.82) is 0 Å². The third-order valence-corrected chi connectivity index (χ3v) is 2.46. The lowest BCUT2D eigenvalue weighted by molar-refractivity contribution is 0.469. The number of hydrogen-bond acceptors (Lipinski definition) is 2. The molecule has 0 atom stereocenters. The summed E-state index contributed by atoms with van der Waals surface area (Å²) in [5.41, 5.74) is 7.86. The van der Waals surface area contributed by atoms with Crippen molar-refractivity contribution in [1.82, 2.24) is 5.32 Å². The molecule has 1 aromatic rings. The lowest BCUT2D eigenvalue weighted by Gasteiger charge is -2.19. The van der Waals surface area contributed by atoms with Gasteiger partial charge in [-0.25, -0.2) is 4.39 Å². The summed E-state index contributed by atoms with van der Waals surface area (Å²) in [6, 6.07) is 4.93. The Morgan fingerprint density at radius 3 is 2.62 bits per heavy atom. The maximum absolute atomic E-state index is 12.9. The van der Waals surface area contributed by atoms with Crippen molar-refractivity contribution in [2.45, 2.75) is 32.7 Å². The van der Waals surface area contributed by atoms with Crippen molar-refractivity contribution in [2.75, 3.05) is 13.1 Å². The number of benzene rings is 1. The van der Waals surface area contributed by atoms with Gasteiger partial charge in [-0.15, -0.1) is 0 Å². The Bertz CT molecular complexity index is 342. The fourth-order valence-electron chi connectivity index (χ4n) is 1.57. The standard InChI is InChI=1S/C13H21FN2/c1-10-8-12(14)5-4-11(10)6-7-16-9-13(2,3)15/h4-5,8,16H,6-7,9,15H2,1-3H3. The monoisotopic (exact) mass is 224 g/mol. The third-order valence-electron chi connectivity index (χ3n) is 2.46. The number of aryl methyl sites for hydroxylation is 1. The van der Waals surface area contributed by atoms with Crippen molar-refractivity contribution in [3.8, 4) is 0 Å². The summed E-state index contributed by atoms with van der Waals surface area (Å²) in [4.78, 5) is 0. The molecule has 2 nitrogen and oxygen atoms in total. The van der Waals surface area contributed by atoms with E-state index < -0.39 is 0 Å². The molecule has 0 saturated heterocycles. The summed E-state index contributed by atoms with van der Waals surface area (Å²) in [7, 11) is 0. The van der Waals surface area contributed by atoms with Crippen LogP contribution in [0, 0.1) is 12.7 Å². The van der Waals surface area contributed by atoms with Crippen LogP contribution in [0.5, 0.6) is 0 Å².